The van der Waals surface area contributed by atoms with Gasteiger partial charge < -0.3 is 0 Å². The van der Waals surface area contributed by atoms with E-state index in [0.717, 1.165) is 16.7 Å². The van der Waals surface area contributed by atoms with E-state index in [2.05, 4.69) is 35.0 Å². The number of halogens is 1. The minimum atomic E-state index is 0.547. The van der Waals surface area contributed by atoms with Crippen LogP contribution in [-0.4, -0.2) is 24.7 Å². The highest BCUT2D eigenvalue weighted by atomic mass is 79.9. The van der Waals surface area contributed by atoms with E-state index in [9.17, 15) is 0 Å². The van der Waals surface area contributed by atoms with Crippen LogP contribution < -0.4 is 4.31 Å². The van der Waals surface area contributed by atoms with E-state index in [0.29, 0.717) is 6.04 Å². The molecule has 0 radical (unpaired) electrons. The highest BCUT2D eigenvalue weighted by molar-refractivity contribution is 9.10. The van der Waals surface area contributed by atoms with Crippen molar-refractivity contribution in [2.45, 2.75) is 19.4 Å². The van der Waals surface area contributed by atoms with E-state index in [4.69, 9.17) is 4.28 Å². The molecule has 88 valence electrons. The first-order chi connectivity index (χ1) is 7.66. The topological polar surface area (TPSA) is 15.7 Å². The van der Waals surface area contributed by atoms with Crippen LogP contribution in [0.25, 0.3) is 0 Å². The highest BCUT2D eigenvalue weighted by Crippen LogP contribution is 2.27. The van der Waals surface area contributed by atoms with Crippen molar-refractivity contribution < 1.29 is 4.28 Å². The van der Waals surface area contributed by atoms with E-state index < -0.39 is 0 Å². The number of anilines is 1. The van der Waals surface area contributed by atoms with Gasteiger partial charge in [0, 0.05) is 29.8 Å². The van der Waals surface area contributed by atoms with Gasteiger partial charge in [0.2, 0.25) is 0 Å². The van der Waals surface area contributed by atoms with Gasteiger partial charge in [-0.25, -0.2) is 4.28 Å². The van der Waals surface area contributed by atoms with Crippen LogP contribution in [0, 0.1) is 0 Å². The van der Waals surface area contributed by atoms with Crippen molar-refractivity contribution in [1.29, 1.82) is 0 Å². The molecule has 5 heteroatoms. The molecule has 1 aromatic rings. The average molecular weight is 303 g/mol. The zero-order valence-corrected chi connectivity index (χ0v) is 11.8. The first-order valence-electron chi connectivity index (χ1n) is 5.27. The first kappa shape index (κ1) is 12.2. The zero-order valence-electron chi connectivity index (χ0n) is 9.39. The van der Waals surface area contributed by atoms with Crippen molar-refractivity contribution in [3.8, 4) is 0 Å². The van der Waals surface area contributed by atoms with Crippen LogP contribution in [-0.2, 0) is 4.28 Å². The molecule has 1 aliphatic heterocycles. The monoisotopic (exact) mass is 302 g/mol. The Morgan fingerprint density at radius 2 is 2.12 bits per heavy atom. The summed E-state index contributed by atoms with van der Waals surface area (Å²) in [4.78, 5) is 0. The second-order valence-corrected chi connectivity index (χ2v) is 5.66. The Balaban J connectivity index is 1.83. The van der Waals surface area contributed by atoms with Gasteiger partial charge in [0.05, 0.1) is 0 Å². The second kappa shape index (κ2) is 5.40. The van der Waals surface area contributed by atoms with Gasteiger partial charge in [-0.2, -0.15) is 5.06 Å². The molecular weight excluding hydrogens is 288 g/mol. The highest BCUT2D eigenvalue weighted by Gasteiger charge is 2.25. The number of hydroxylamine groups is 2. The third kappa shape index (κ3) is 2.91. The van der Waals surface area contributed by atoms with Crippen molar-refractivity contribution in [2.75, 3.05) is 17.9 Å². The van der Waals surface area contributed by atoms with Crippen molar-refractivity contribution in [2.24, 2.45) is 0 Å². The van der Waals surface area contributed by atoms with Crippen LogP contribution in [0.2, 0.25) is 0 Å². The summed E-state index contributed by atoms with van der Waals surface area (Å²) in [7, 11) is 2.00. The molecule has 1 atom stereocenters. The Kier molecular flexibility index (Phi) is 4.13. The lowest BCUT2D eigenvalue weighted by Gasteiger charge is -2.36. The van der Waals surface area contributed by atoms with Gasteiger partial charge in [-0.1, -0.05) is 15.9 Å². The molecule has 0 N–H and O–H groups in total. The van der Waals surface area contributed by atoms with Crippen LogP contribution in [0.5, 0.6) is 0 Å². The Morgan fingerprint density at radius 1 is 1.44 bits per heavy atom. The van der Waals surface area contributed by atoms with Crippen LogP contribution in [0.4, 0.5) is 5.69 Å². The average Bonchev–Trinajstić information content (AvgIpc) is 2.28. The molecule has 0 bridgehead atoms. The maximum Gasteiger partial charge on any atom is 0.135 e. The number of nitrogens with zero attached hydrogens (tertiary/aromatic N) is 2. The van der Waals surface area contributed by atoms with Crippen molar-refractivity contribution >= 4 is 33.8 Å². The Bertz CT molecular complexity index is 346. The SMILES string of the molecule is CC1CCN1OSN(C)c1ccc(Br)cc1. The molecule has 16 heavy (non-hydrogen) atoms. The van der Waals surface area contributed by atoms with Crippen LogP contribution in [0.3, 0.4) is 0 Å². The van der Waals surface area contributed by atoms with Crippen LogP contribution in [0.1, 0.15) is 13.3 Å². The summed E-state index contributed by atoms with van der Waals surface area (Å²) in [6, 6.07) is 8.71. The fourth-order valence-corrected chi connectivity index (χ4v) is 2.27. The lowest BCUT2D eigenvalue weighted by Crippen LogP contribution is -2.44. The maximum absolute atomic E-state index is 5.60. The zero-order chi connectivity index (χ0) is 11.5. The lowest BCUT2D eigenvalue weighted by molar-refractivity contribution is -0.132. The van der Waals surface area contributed by atoms with Crippen molar-refractivity contribution in [3.05, 3.63) is 28.7 Å². The fourth-order valence-electron chi connectivity index (χ4n) is 1.39. The molecule has 0 amide bonds. The third-order valence-electron chi connectivity index (χ3n) is 2.69. The Hall–Kier alpha value is -0.230. The van der Waals surface area contributed by atoms with Gasteiger partial charge in [-0.05, 0) is 37.6 Å². The summed E-state index contributed by atoms with van der Waals surface area (Å²) in [5, 5.41) is 2.00. The molecule has 0 spiro atoms. The molecule has 3 nitrogen and oxygen atoms in total. The maximum atomic E-state index is 5.60. The number of benzene rings is 1. The summed E-state index contributed by atoms with van der Waals surface area (Å²) in [5.41, 5.74) is 1.13. The molecule has 0 aliphatic carbocycles. The van der Waals surface area contributed by atoms with E-state index in [1.54, 1.807) is 0 Å². The Labute approximate surface area is 109 Å². The molecule has 0 saturated carbocycles. The molecule has 0 aromatic heterocycles. The fraction of sp³-hybridized carbons (Fsp3) is 0.455. The molecule has 1 aromatic carbocycles. The summed E-state index contributed by atoms with van der Waals surface area (Å²) < 4.78 is 8.70. The molecule has 2 rings (SSSR count). The smallest absolute Gasteiger partial charge is 0.135 e. The predicted molar refractivity (Wildman–Crippen MR) is 72.0 cm³/mol. The van der Waals surface area contributed by atoms with E-state index in [-0.39, 0.29) is 0 Å². The summed E-state index contributed by atoms with van der Waals surface area (Å²) in [6.07, 6.45) is 1.22. The van der Waals surface area contributed by atoms with E-state index in [1.165, 1.54) is 18.6 Å². The van der Waals surface area contributed by atoms with Gasteiger partial charge >= 0.3 is 0 Å². The van der Waals surface area contributed by atoms with Gasteiger partial charge in [0.25, 0.3) is 0 Å². The molecule has 1 aliphatic rings. The Morgan fingerprint density at radius 3 is 2.62 bits per heavy atom. The molecule has 1 saturated heterocycles. The predicted octanol–water partition coefficient (Wildman–Crippen LogP) is 3.47. The summed E-state index contributed by atoms with van der Waals surface area (Å²) in [6.45, 7) is 3.20. The largest absolute Gasteiger partial charge is 0.295 e. The van der Waals surface area contributed by atoms with E-state index >= 15 is 0 Å². The number of hydrogen-bond donors (Lipinski definition) is 0. The van der Waals surface area contributed by atoms with Crippen LogP contribution in [0.15, 0.2) is 28.7 Å². The van der Waals surface area contributed by atoms with Crippen LogP contribution >= 0.6 is 28.2 Å². The van der Waals surface area contributed by atoms with Gasteiger partial charge in [0.15, 0.2) is 0 Å². The third-order valence-corrected chi connectivity index (χ3v) is 3.91. The summed E-state index contributed by atoms with van der Waals surface area (Å²) in [5.74, 6) is 0. The van der Waals surface area contributed by atoms with Gasteiger partial charge in [0.1, 0.15) is 12.2 Å². The molecule has 1 heterocycles. The molecular formula is C11H15BrN2OS. The minimum Gasteiger partial charge on any atom is -0.295 e. The molecule has 1 fully saturated rings. The van der Waals surface area contributed by atoms with Crippen molar-refractivity contribution in [1.82, 2.24) is 5.06 Å². The molecule has 1 unspecified atom stereocenters. The quantitative estimate of drug-likeness (QED) is 0.625. The standard InChI is InChI=1S/C11H15BrN2OS/c1-9-7-8-14(9)15-16-13(2)11-5-3-10(12)4-6-11/h3-6,9H,7-8H2,1-2H3. The lowest BCUT2D eigenvalue weighted by atomic mass is 10.1. The number of hydrogen-bond acceptors (Lipinski definition) is 4. The minimum absolute atomic E-state index is 0.547. The van der Waals surface area contributed by atoms with E-state index in [1.807, 2.05) is 28.5 Å². The van der Waals surface area contributed by atoms with Gasteiger partial charge in [-0.15, -0.1) is 0 Å². The first-order valence-corrected chi connectivity index (χ1v) is 6.76. The second-order valence-electron chi connectivity index (χ2n) is 3.90. The van der Waals surface area contributed by atoms with Gasteiger partial charge in [-0.3, -0.25) is 4.31 Å². The summed E-state index contributed by atoms with van der Waals surface area (Å²) >= 11 is 4.79. The van der Waals surface area contributed by atoms with Crippen molar-refractivity contribution in [3.63, 3.8) is 0 Å². The number of rotatable bonds is 4. The normalized spacial score (nSPS) is 20.6.